The highest BCUT2D eigenvalue weighted by Gasteiger charge is 2.24. The van der Waals surface area contributed by atoms with Crippen LogP contribution < -0.4 is 5.32 Å². The van der Waals surface area contributed by atoms with Gasteiger partial charge in [-0.3, -0.25) is 9.89 Å². The quantitative estimate of drug-likeness (QED) is 0.319. The van der Waals surface area contributed by atoms with Crippen molar-refractivity contribution in [2.75, 3.05) is 76.7 Å². The van der Waals surface area contributed by atoms with Crippen LogP contribution >= 0.6 is 35.7 Å². The van der Waals surface area contributed by atoms with Gasteiger partial charge in [0.15, 0.2) is 5.96 Å². The normalized spacial score (nSPS) is 20.9. The van der Waals surface area contributed by atoms with Gasteiger partial charge in [0, 0.05) is 70.9 Å². The average Bonchev–Trinajstić information content (AvgIpc) is 2.60. The second kappa shape index (κ2) is 11.9. The molecule has 0 bridgehead atoms. The molecule has 0 aliphatic carbocycles. The van der Waals surface area contributed by atoms with E-state index in [4.69, 9.17) is 0 Å². The first kappa shape index (κ1) is 24.3. The molecule has 0 aromatic heterocycles. The van der Waals surface area contributed by atoms with E-state index in [1.54, 1.807) is 11.4 Å². The van der Waals surface area contributed by atoms with E-state index in [1.165, 1.54) is 0 Å². The number of piperazine rings is 1. The van der Waals surface area contributed by atoms with E-state index < -0.39 is 10.0 Å². The monoisotopic (exact) mass is 519 g/mol. The average molecular weight is 520 g/mol. The molecule has 2 fully saturated rings. The molecule has 1 N–H and O–H groups in total. The number of rotatable bonds is 6. The molecule has 0 atom stereocenters. The molecule has 2 saturated heterocycles. The number of sulfonamides is 1. The van der Waals surface area contributed by atoms with E-state index in [-0.39, 0.29) is 29.7 Å². The van der Waals surface area contributed by atoms with Gasteiger partial charge in [0.2, 0.25) is 10.0 Å². The lowest BCUT2D eigenvalue weighted by Gasteiger charge is -2.37. The molecule has 0 saturated carbocycles. The van der Waals surface area contributed by atoms with E-state index in [9.17, 15) is 8.42 Å². The Morgan fingerprint density at radius 1 is 1.12 bits per heavy atom. The van der Waals surface area contributed by atoms with Crippen molar-refractivity contribution in [1.29, 1.82) is 0 Å². The molecular weight excluding hydrogens is 485 g/mol. The summed E-state index contributed by atoms with van der Waals surface area (Å²) in [6.07, 6.45) is 0. The smallest absolute Gasteiger partial charge is 0.215 e. The Labute approximate surface area is 180 Å². The van der Waals surface area contributed by atoms with Gasteiger partial charge in [0.05, 0.1) is 5.75 Å². The molecule has 0 aromatic carbocycles. The molecule has 0 aromatic rings. The minimum Gasteiger partial charge on any atom is -0.355 e. The molecule has 0 unspecified atom stereocenters. The van der Waals surface area contributed by atoms with Crippen LogP contribution in [0.2, 0.25) is 0 Å². The molecular formula is C16H34IN5O2S2. The third-order valence-electron chi connectivity index (χ3n) is 4.51. The van der Waals surface area contributed by atoms with Crippen LogP contribution in [0.1, 0.15) is 13.8 Å². The fourth-order valence-corrected chi connectivity index (χ4v) is 5.73. The summed E-state index contributed by atoms with van der Waals surface area (Å²) in [5, 5.41) is 3.24. The molecule has 0 radical (unpaired) electrons. The number of nitrogens with one attached hydrogen (secondary N) is 1. The van der Waals surface area contributed by atoms with Gasteiger partial charge in [0.25, 0.3) is 0 Å². The maximum Gasteiger partial charge on any atom is 0.215 e. The molecule has 7 nitrogen and oxygen atoms in total. The van der Waals surface area contributed by atoms with Crippen LogP contribution in [0.3, 0.4) is 0 Å². The molecule has 2 rings (SSSR count). The number of aliphatic imine (C=N–C) groups is 1. The topological polar surface area (TPSA) is 68.2 Å². The molecule has 2 heterocycles. The highest BCUT2D eigenvalue weighted by atomic mass is 127. The first-order chi connectivity index (χ1) is 11.9. The van der Waals surface area contributed by atoms with E-state index in [0.29, 0.717) is 25.6 Å². The Kier molecular flexibility index (Phi) is 11.1. The molecule has 2 aliphatic heterocycles. The van der Waals surface area contributed by atoms with Gasteiger partial charge in [-0.25, -0.2) is 12.7 Å². The van der Waals surface area contributed by atoms with E-state index in [2.05, 4.69) is 34.0 Å². The Hall–Kier alpha value is 0.220. The predicted octanol–water partition coefficient (Wildman–Crippen LogP) is 0.832. The van der Waals surface area contributed by atoms with Crippen molar-refractivity contribution in [3.8, 4) is 0 Å². The summed E-state index contributed by atoms with van der Waals surface area (Å²) in [7, 11) is -1.40. The van der Waals surface area contributed by atoms with Crippen molar-refractivity contribution in [3.63, 3.8) is 0 Å². The van der Waals surface area contributed by atoms with Crippen LogP contribution in [0, 0.1) is 5.92 Å². The highest BCUT2D eigenvalue weighted by molar-refractivity contribution is 14.0. The zero-order chi connectivity index (χ0) is 18.3. The summed E-state index contributed by atoms with van der Waals surface area (Å²) in [6, 6.07) is 0. The number of hydrogen-bond donors (Lipinski definition) is 1. The standard InChI is InChI=1S/C16H33N5O2S2.HI/c1-15(2)14-19-5-7-20(8-6-19)16(17-3)18-4-13-25(22,23)21-9-11-24-12-10-21;/h15H,4-14H2,1-3H3,(H,17,18);1H. The summed E-state index contributed by atoms with van der Waals surface area (Å²) in [6.45, 7) is 11.2. The summed E-state index contributed by atoms with van der Waals surface area (Å²) >= 11 is 1.82. The minimum atomic E-state index is -3.16. The summed E-state index contributed by atoms with van der Waals surface area (Å²) in [5.74, 6) is 3.42. The lowest BCUT2D eigenvalue weighted by molar-refractivity contribution is 0.164. The van der Waals surface area contributed by atoms with E-state index >= 15 is 0 Å². The van der Waals surface area contributed by atoms with Crippen LogP contribution in [-0.2, 0) is 10.0 Å². The minimum absolute atomic E-state index is 0. The summed E-state index contributed by atoms with van der Waals surface area (Å²) < 4.78 is 26.4. The van der Waals surface area contributed by atoms with E-state index in [1.807, 2.05) is 11.8 Å². The number of hydrogen-bond acceptors (Lipinski definition) is 5. The van der Waals surface area contributed by atoms with Crippen LogP contribution in [0.5, 0.6) is 0 Å². The Balaban J connectivity index is 0.00000338. The van der Waals surface area contributed by atoms with Gasteiger partial charge >= 0.3 is 0 Å². The van der Waals surface area contributed by atoms with Crippen LogP contribution in [-0.4, -0.2) is 105 Å². The third-order valence-corrected chi connectivity index (χ3v) is 7.33. The summed E-state index contributed by atoms with van der Waals surface area (Å²) in [5.41, 5.74) is 0. The Bertz CT molecular complexity index is 531. The van der Waals surface area contributed by atoms with Gasteiger partial charge < -0.3 is 10.2 Å². The number of halogens is 1. The van der Waals surface area contributed by atoms with Crippen molar-refractivity contribution in [2.45, 2.75) is 13.8 Å². The van der Waals surface area contributed by atoms with Crippen LogP contribution in [0.15, 0.2) is 4.99 Å². The lowest BCUT2D eigenvalue weighted by Crippen LogP contribution is -2.53. The zero-order valence-corrected chi connectivity index (χ0v) is 20.1. The first-order valence-electron chi connectivity index (χ1n) is 9.16. The Morgan fingerprint density at radius 2 is 1.73 bits per heavy atom. The second-order valence-corrected chi connectivity index (χ2v) is 10.3. The fourth-order valence-electron chi connectivity index (χ4n) is 3.24. The Morgan fingerprint density at radius 3 is 2.27 bits per heavy atom. The maximum absolute atomic E-state index is 12.4. The predicted molar refractivity (Wildman–Crippen MR) is 122 cm³/mol. The van der Waals surface area contributed by atoms with Crippen molar-refractivity contribution < 1.29 is 8.42 Å². The van der Waals surface area contributed by atoms with Crippen molar-refractivity contribution in [3.05, 3.63) is 0 Å². The molecule has 26 heavy (non-hydrogen) atoms. The maximum atomic E-state index is 12.4. The van der Waals surface area contributed by atoms with Crippen molar-refractivity contribution in [2.24, 2.45) is 10.9 Å². The number of thioether (sulfide) groups is 1. The van der Waals surface area contributed by atoms with Gasteiger partial charge in [-0.05, 0) is 5.92 Å². The number of guanidine groups is 1. The van der Waals surface area contributed by atoms with Gasteiger partial charge in [0.1, 0.15) is 0 Å². The first-order valence-corrected chi connectivity index (χ1v) is 11.9. The van der Waals surface area contributed by atoms with Crippen molar-refractivity contribution >= 4 is 51.7 Å². The molecule has 0 amide bonds. The SMILES string of the molecule is CN=C(NCCS(=O)(=O)N1CCSCC1)N1CCN(CC(C)C)CC1.I. The molecule has 154 valence electrons. The lowest BCUT2D eigenvalue weighted by atomic mass is 10.2. The highest BCUT2D eigenvalue weighted by Crippen LogP contribution is 2.13. The van der Waals surface area contributed by atoms with Crippen LogP contribution in [0.4, 0.5) is 0 Å². The van der Waals surface area contributed by atoms with Gasteiger partial charge in [-0.2, -0.15) is 11.8 Å². The van der Waals surface area contributed by atoms with Gasteiger partial charge in [-0.1, -0.05) is 13.8 Å². The molecule has 2 aliphatic rings. The molecule has 10 heteroatoms. The zero-order valence-electron chi connectivity index (χ0n) is 16.2. The number of nitrogens with zero attached hydrogens (tertiary/aromatic N) is 4. The van der Waals surface area contributed by atoms with Crippen LogP contribution in [0.25, 0.3) is 0 Å². The third kappa shape index (κ3) is 7.69. The summed E-state index contributed by atoms with van der Waals surface area (Å²) in [4.78, 5) is 9.03. The van der Waals surface area contributed by atoms with Gasteiger partial charge in [-0.15, -0.1) is 24.0 Å². The molecule has 0 spiro atoms. The van der Waals surface area contributed by atoms with Crippen molar-refractivity contribution in [1.82, 2.24) is 19.4 Å². The largest absolute Gasteiger partial charge is 0.355 e. The van der Waals surface area contributed by atoms with E-state index in [0.717, 1.165) is 50.2 Å². The fraction of sp³-hybridized carbons (Fsp3) is 0.938. The second-order valence-electron chi connectivity index (χ2n) is 6.98.